The first-order valence-corrected chi connectivity index (χ1v) is 6.96. The lowest BCUT2D eigenvalue weighted by Crippen LogP contribution is -2.46. The van der Waals surface area contributed by atoms with Crippen molar-refractivity contribution in [3.63, 3.8) is 0 Å². The number of amides is 1. The fraction of sp³-hybridized carbons (Fsp3) is 0.923. The zero-order valence-electron chi connectivity index (χ0n) is 11.2. The van der Waals surface area contributed by atoms with Gasteiger partial charge in [0, 0.05) is 13.1 Å². The molecule has 2 fully saturated rings. The van der Waals surface area contributed by atoms with Crippen LogP contribution in [0.15, 0.2) is 0 Å². The van der Waals surface area contributed by atoms with E-state index in [1.165, 1.54) is 0 Å². The Balaban J connectivity index is 1.69. The molecule has 2 aliphatic heterocycles. The van der Waals surface area contributed by atoms with Crippen LogP contribution in [0.2, 0.25) is 0 Å². The summed E-state index contributed by atoms with van der Waals surface area (Å²) < 4.78 is 11.0. The van der Waals surface area contributed by atoms with Crippen molar-refractivity contribution in [1.29, 1.82) is 0 Å². The van der Waals surface area contributed by atoms with Crippen LogP contribution in [-0.2, 0) is 14.3 Å². The molecule has 0 saturated carbocycles. The third kappa shape index (κ3) is 3.93. The molecule has 0 aromatic rings. The highest BCUT2D eigenvalue weighted by molar-refractivity contribution is 5.80. The number of hydrogen-bond acceptors (Lipinski definition) is 4. The van der Waals surface area contributed by atoms with Crippen LogP contribution in [-0.4, -0.2) is 62.9 Å². The van der Waals surface area contributed by atoms with Crippen LogP contribution in [0, 0.1) is 5.92 Å². The van der Waals surface area contributed by atoms with Crippen molar-refractivity contribution >= 4 is 5.91 Å². The van der Waals surface area contributed by atoms with Gasteiger partial charge in [0.05, 0.1) is 19.8 Å². The number of carbonyl (C=O) groups is 1. The second kappa shape index (κ2) is 7.07. The van der Waals surface area contributed by atoms with E-state index in [-0.39, 0.29) is 12.0 Å². The summed E-state index contributed by atoms with van der Waals surface area (Å²) in [5.74, 6) is 0.707. The molecule has 0 aromatic carbocycles. The van der Waals surface area contributed by atoms with Gasteiger partial charge in [0.1, 0.15) is 6.10 Å². The van der Waals surface area contributed by atoms with Gasteiger partial charge in [-0.3, -0.25) is 4.79 Å². The number of ether oxygens (including phenoxy) is 2. The highest BCUT2D eigenvalue weighted by atomic mass is 16.5. The van der Waals surface area contributed by atoms with Crippen molar-refractivity contribution in [1.82, 2.24) is 10.2 Å². The molecule has 2 rings (SSSR count). The second-order valence-corrected chi connectivity index (χ2v) is 5.11. The predicted molar refractivity (Wildman–Crippen MR) is 68.4 cm³/mol. The first-order valence-electron chi connectivity index (χ1n) is 6.96. The Kier molecular flexibility index (Phi) is 5.41. The zero-order valence-corrected chi connectivity index (χ0v) is 11.2. The van der Waals surface area contributed by atoms with Gasteiger partial charge in [0.2, 0.25) is 0 Å². The smallest absolute Gasteiger partial charge is 0.251 e. The summed E-state index contributed by atoms with van der Waals surface area (Å²) in [7, 11) is 0. The van der Waals surface area contributed by atoms with Gasteiger partial charge in [-0.1, -0.05) is 0 Å². The lowest BCUT2D eigenvalue weighted by molar-refractivity contribution is -0.147. The van der Waals surface area contributed by atoms with E-state index in [4.69, 9.17) is 9.47 Å². The minimum absolute atomic E-state index is 0.104. The Morgan fingerprint density at radius 2 is 2.06 bits per heavy atom. The maximum Gasteiger partial charge on any atom is 0.251 e. The Morgan fingerprint density at radius 3 is 2.72 bits per heavy atom. The highest BCUT2D eigenvalue weighted by Crippen LogP contribution is 2.13. The molecule has 1 N–H and O–H groups in total. The first-order chi connectivity index (χ1) is 8.77. The lowest BCUT2D eigenvalue weighted by Gasteiger charge is -2.30. The van der Waals surface area contributed by atoms with Crippen LogP contribution in [0.5, 0.6) is 0 Å². The summed E-state index contributed by atoms with van der Waals surface area (Å²) in [5, 5.41) is 3.33. The normalized spacial score (nSPS) is 23.9. The Hall–Kier alpha value is -0.650. The molecule has 5 nitrogen and oxygen atoms in total. The van der Waals surface area contributed by atoms with Crippen molar-refractivity contribution in [2.75, 3.05) is 46.0 Å². The number of hydrogen-bond donors (Lipinski definition) is 1. The van der Waals surface area contributed by atoms with Crippen molar-refractivity contribution in [2.45, 2.75) is 25.9 Å². The molecule has 104 valence electrons. The van der Waals surface area contributed by atoms with Crippen LogP contribution in [0.4, 0.5) is 0 Å². The highest BCUT2D eigenvalue weighted by Gasteiger charge is 2.24. The number of morpholine rings is 1. The number of carbonyl (C=O) groups excluding carboxylic acids is 1. The number of nitrogens with one attached hydrogen (secondary N) is 1. The number of nitrogens with zero attached hydrogens (tertiary/aromatic N) is 1. The van der Waals surface area contributed by atoms with E-state index in [1.807, 2.05) is 11.8 Å². The van der Waals surface area contributed by atoms with Gasteiger partial charge in [-0.25, -0.2) is 0 Å². The minimum atomic E-state index is -0.321. The molecule has 0 aliphatic carbocycles. The fourth-order valence-electron chi connectivity index (χ4n) is 2.44. The van der Waals surface area contributed by atoms with E-state index >= 15 is 0 Å². The Bertz CT molecular complexity index is 261. The van der Waals surface area contributed by atoms with E-state index in [9.17, 15) is 4.79 Å². The van der Waals surface area contributed by atoms with Crippen LogP contribution in [0.3, 0.4) is 0 Å². The van der Waals surface area contributed by atoms with E-state index in [1.54, 1.807) is 0 Å². The number of rotatable bonds is 4. The Labute approximate surface area is 109 Å². The average Bonchev–Trinajstić information content (AvgIpc) is 2.46. The Morgan fingerprint density at radius 1 is 1.39 bits per heavy atom. The molecule has 0 bridgehead atoms. The van der Waals surface area contributed by atoms with Crippen LogP contribution in [0.25, 0.3) is 0 Å². The molecule has 1 atom stereocenters. The van der Waals surface area contributed by atoms with Crippen LogP contribution in [0.1, 0.15) is 19.8 Å². The SMILES string of the molecule is CC(OCC1CCNCC1)C(=O)N1CCOCC1. The van der Waals surface area contributed by atoms with Gasteiger partial charge in [0.25, 0.3) is 5.91 Å². The standard InChI is InChI=1S/C13H24N2O3/c1-11(13(16)15-6-8-17-9-7-15)18-10-12-2-4-14-5-3-12/h11-12,14H,2-10H2,1H3. The van der Waals surface area contributed by atoms with E-state index < -0.39 is 0 Å². The molecule has 5 heteroatoms. The second-order valence-electron chi connectivity index (χ2n) is 5.11. The average molecular weight is 256 g/mol. The van der Waals surface area contributed by atoms with Gasteiger partial charge < -0.3 is 19.7 Å². The van der Waals surface area contributed by atoms with Crippen molar-refractivity contribution in [2.24, 2.45) is 5.92 Å². The predicted octanol–water partition coefficient (Wildman–Crippen LogP) is 0.250. The maximum absolute atomic E-state index is 12.1. The summed E-state index contributed by atoms with van der Waals surface area (Å²) >= 11 is 0. The molecule has 1 amide bonds. The quantitative estimate of drug-likeness (QED) is 0.783. The maximum atomic E-state index is 12.1. The molecule has 2 aliphatic rings. The molecular weight excluding hydrogens is 232 g/mol. The van der Waals surface area contributed by atoms with Gasteiger partial charge in [-0.15, -0.1) is 0 Å². The summed E-state index contributed by atoms with van der Waals surface area (Å²) in [6.07, 6.45) is 1.98. The van der Waals surface area contributed by atoms with Gasteiger partial charge in [0.15, 0.2) is 0 Å². The van der Waals surface area contributed by atoms with Gasteiger partial charge >= 0.3 is 0 Å². The van der Waals surface area contributed by atoms with E-state index in [0.717, 1.165) is 25.9 Å². The molecule has 2 heterocycles. The monoisotopic (exact) mass is 256 g/mol. The minimum Gasteiger partial charge on any atom is -0.378 e. The number of piperidine rings is 1. The molecular formula is C13H24N2O3. The third-order valence-electron chi connectivity index (χ3n) is 3.71. The molecule has 0 aromatic heterocycles. The lowest BCUT2D eigenvalue weighted by atomic mass is 9.99. The summed E-state index contributed by atoms with van der Waals surface area (Å²) in [5.41, 5.74) is 0. The van der Waals surface area contributed by atoms with Crippen molar-refractivity contribution in [3.8, 4) is 0 Å². The van der Waals surface area contributed by atoms with Crippen LogP contribution >= 0.6 is 0 Å². The largest absolute Gasteiger partial charge is 0.378 e. The topological polar surface area (TPSA) is 50.8 Å². The fourth-order valence-corrected chi connectivity index (χ4v) is 2.44. The first kappa shape index (κ1) is 13.8. The zero-order chi connectivity index (χ0) is 12.8. The van der Waals surface area contributed by atoms with E-state index in [0.29, 0.717) is 38.8 Å². The molecule has 18 heavy (non-hydrogen) atoms. The molecule has 0 spiro atoms. The molecule has 2 saturated heterocycles. The van der Waals surface area contributed by atoms with Crippen LogP contribution < -0.4 is 5.32 Å². The van der Waals surface area contributed by atoms with Gasteiger partial charge in [-0.05, 0) is 38.8 Å². The van der Waals surface area contributed by atoms with E-state index in [2.05, 4.69) is 5.32 Å². The van der Waals surface area contributed by atoms with Gasteiger partial charge in [-0.2, -0.15) is 0 Å². The third-order valence-corrected chi connectivity index (χ3v) is 3.71. The summed E-state index contributed by atoms with van der Waals surface area (Å²) in [6.45, 7) is 7.39. The molecule has 1 unspecified atom stereocenters. The molecule has 0 radical (unpaired) electrons. The summed E-state index contributed by atoms with van der Waals surface area (Å²) in [4.78, 5) is 13.9. The van der Waals surface area contributed by atoms with Crippen molar-refractivity contribution < 1.29 is 14.3 Å². The van der Waals surface area contributed by atoms with Crippen molar-refractivity contribution in [3.05, 3.63) is 0 Å². The summed E-state index contributed by atoms with van der Waals surface area (Å²) in [6, 6.07) is 0.